The second-order valence-electron chi connectivity index (χ2n) is 4.56. The van der Waals surface area contributed by atoms with Gasteiger partial charge in [-0.25, -0.2) is 0 Å². The number of benzene rings is 2. The lowest BCUT2D eigenvalue weighted by molar-refractivity contribution is 0.974. The van der Waals surface area contributed by atoms with E-state index in [9.17, 15) is 0 Å². The van der Waals surface area contributed by atoms with Gasteiger partial charge in [0.2, 0.25) is 0 Å². The molecule has 1 aromatic heterocycles. The Balaban J connectivity index is 2.37. The largest absolute Gasteiger partial charge is 0.343 e. The fourth-order valence-corrected chi connectivity index (χ4v) is 2.78. The maximum absolute atomic E-state index is 6.09. The van der Waals surface area contributed by atoms with E-state index in [1.54, 1.807) is 0 Å². The molecule has 18 heavy (non-hydrogen) atoms. The summed E-state index contributed by atoms with van der Waals surface area (Å²) in [4.78, 5) is 0. The zero-order valence-corrected chi connectivity index (χ0v) is 11.2. The highest BCUT2D eigenvalue weighted by Crippen LogP contribution is 2.33. The molecule has 90 valence electrons. The molecule has 0 amide bonds. The fraction of sp³-hybridized carbons (Fsp3) is 0.125. The van der Waals surface area contributed by atoms with Crippen LogP contribution in [0.25, 0.3) is 22.2 Å². The number of rotatable bonds is 1. The molecule has 1 heterocycles. The van der Waals surface area contributed by atoms with Crippen molar-refractivity contribution < 1.29 is 0 Å². The minimum absolute atomic E-state index is 0.788. The standard InChI is InChI=1S/C16H14ClN/c1-11-14-10-13(17)8-9-15(14)18(2)16(11)12-6-4-3-5-7-12/h3-10H,1-2H3. The van der Waals surface area contributed by atoms with Crippen molar-refractivity contribution in [1.82, 2.24) is 4.57 Å². The summed E-state index contributed by atoms with van der Waals surface area (Å²) in [5.74, 6) is 0. The molecule has 0 N–H and O–H groups in total. The molecule has 0 atom stereocenters. The highest BCUT2D eigenvalue weighted by molar-refractivity contribution is 6.31. The van der Waals surface area contributed by atoms with Crippen LogP contribution in [0.3, 0.4) is 0 Å². The smallest absolute Gasteiger partial charge is 0.0518 e. The van der Waals surface area contributed by atoms with Gasteiger partial charge in [0, 0.05) is 23.0 Å². The third-order valence-corrected chi connectivity index (χ3v) is 3.70. The Kier molecular flexibility index (Phi) is 2.64. The second-order valence-corrected chi connectivity index (χ2v) is 5.00. The number of aryl methyl sites for hydroxylation is 2. The van der Waals surface area contributed by atoms with Crippen LogP contribution >= 0.6 is 11.6 Å². The molecule has 0 spiro atoms. The highest BCUT2D eigenvalue weighted by Gasteiger charge is 2.13. The number of hydrogen-bond donors (Lipinski definition) is 0. The Hall–Kier alpha value is -1.73. The third-order valence-electron chi connectivity index (χ3n) is 3.46. The van der Waals surface area contributed by atoms with Crippen molar-refractivity contribution in [2.75, 3.05) is 0 Å². The van der Waals surface area contributed by atoms with Crippen LogP contribution in [0.1, 0.15) is 5.56 Å². The molecule has 2 aromatic carbocycles. The van der Waals surface area contributed by atoms with Gasteiger partial charge in [-0.05, 0) is 36.2 Å². The van der Waals surface area contributed by atoms with Gasteiger partial charge in [-0.15, -0.1) is 0 Å². The molecule has 0 unspecified atom stereocenters. The van der Waals surface area contributed by atoms with E-state index >= 15 is 0 Å². The Morgan fingerprint density at radius 1 is 1.00 bits per heavy atom. The molecule has 0 bridgehead atoms. The van der Waals surface area contributed by atoms with Crippen molar-refractivity contribution in [2.24, 2.45) is 7.05 Å². The molecule has 0 aliphatic rings. The predicted molar refractivity (Wildman–Crippen MR) is 78.1 cm³/mol. The summed E-state index contributed by atoms with van der Waals surface area (Å²) in [6.07, 6.45) is 0. The lowest BCUT2D eigenvalue weighted by Gasteiger charge is -2.05. The number of halogens is 1. The van der Waals surface area contributed by atoms with E-state index in [0.717, 1.165) is 5.02 Å². The van der Waals surface area contributed by atoms with Crippen LogP contribution in [0.15, 0.2) is 48.5 Å². The van der Waals surface area contributed by atoms with Gasteiger partial charge in [-0.1, -0.05) is 41.9 Å². The SMILES string of the molecule is Cc1c(-c2ccccc2)n(C)c2ccc(Cl)cc12. The first-order valence-corrected chi connectivity index (χ1v) is 6.36. The summed E-state index contributed by atoms with van der Waals surface area (Å²) in [6.45, 7) is 2.15. The summed E-state index contributed by atoms with van der Waals surface area (Å²) >= 11 is 6.09. The summed E-state index contributed by atoms with van der Waals surface area (Å²) < 4.78 is 2.23. The van der Waals surface area contributed by atoms with Crippen LogP contribution in [-0.4, -0.2) is 4.57 Å². The van der Waals surface area contributed by atoms with E-state index in [1.165, 1.54) is 27.7 Å². The number of nitrogens with zero attached hydrogens (tertiary/aromatic N) is 1. The summed E-state index contributed by atoms with van der Waals surface area (Å²) in [5.41, 5.74) is 5.00. The van der Waals surface area contributed by atoms with Crippen molar-refractivity contribution in [3.8, 4) is 11.3 Å². The fourth-order valence-electron chi connectivity index (χ4n) is 2.61. The number of fused-ring (bicyclic) bond motifs is 1. The van der Waals surface area contributed by atoms with E-state index in [0.29, 0.717) is 0 Å². The van der Waals surface area contributed by atoms with Crippen LogP contribution in [0, 0.1) is 6.92 Å². The summed E-state index contributed by atoms with van der Waals surface area (Å²) in [6, 6.07) is 16.5. The van der Waals surface area contributed by atoms with Crippen LogP contribution in [0.5, 0.6) is 0 Å². The minimum atomic E-state index is 0.788. The molecular formula is C16H14ClN. The molecule has 1 nitrogen and oxygen atoms in total. The lowest BCUT2D eigenvalue weighted by Crippen LogP contribution is -1.91. The Morgan fingerprint density at radius 2 is 1.72 bits per heavy atom. The quantitative estimate of drug-likeness (QED) is 0.588. The van der Waals surface area contributed by atoms with Crippen LogP contribution < -0.4 is 0 Å². The topological polar surface area (TPSA) is 4.93 Å². The van der Waals surface area contributed by atoms with Gasteiger partial charge < -0.3 is 4.57 Å². The molecule has 2 heteroatoms. The maximum Gasteiger partial charge on any atom is 0.0518 e. The van der Waals surface area contributed by atoms with Crippen molar-refractivity contribution in [1.29, 1.82) is 0 Å². The third kappa shape index (κ3) is 1.63. The van der Waals surface area contributed by atoms with Gasteiger partial charge in [0.05, 0.1) is 5.69 Å². The van der Waals surface area contributed by atoms with Gasteiger partial charge in [0.1, 0.15) is 0 Å². The van der Waals surface area contributed by atoms with Crippen LogP contribution in [-0.2, 0) is 7.05 Å². The van der Waals surface area contributed by atoms with E-state index in [-0.39, 0.29) is 0 Å². The van der Waals surface area contributed by atoms with Crippen LogP contribution in [0.4, 0.5) is 0 Å². The Labute approximate surface area is 112 Å². The van der Waals surface area contributed by atoms with Crippen molar-refractivity contribution in [3.05, 3.63) is 59.1 Å². The van der Waals surface area contributed by atoms with Crippen molar-refractivity contribution >= 4 is 22.5 Å². The summed E-state index contributed by atoms with van der Waals surface area (Å²) in [5, 5.41) is 2.01. The average molecular weight is 256 g/mol. The molecule has 0 fully saturated rings. The minimum Gasteiger partial charge on any atom is -0.343 e. The van der Waals surface area contributed by atoms with E-state index < -0.39 is 0 Å². The molecule has 3 rings (SSSR count). The van der Waals surface area contributed by atoms with Gasteiger partial charge in [0.25, 0.3) is 0 Å². The van der Waals surface area contributed by atoms with Gasteiger partial charge in [0.15, 0.2) is 0 Å². The first-order chi connectivity index (χ1) is 8.68. The van der Waals surface area contributed by atoms with Crippen molar-refractivity contribution in [2.45, 2.75) is 6.92 Å². The number of aromatic nitrogens is 1. The zero-order chi connectivity index (χ0) is 12.7. The van der Waals surface area contributed by atoms with Gasteiger partial charge >= 0.3 is 0 Å². The van der Waals surface area contributed by atoms with E-state index in [4.69, 9.17) is 11.6 Å². The first-order valence-electron chi connectivity index (χ1n) is 5.98. The zero-order valence-electron chi connectivity index (χ0n) is 10.4. The number of hydrogen-bond acceptors (Lipinski definition) is 0. The molecule has 0 saturated carbocycles. The van der Waals surface area contributed by atoms with Crippen LogP contribution in [0.2, 0.25) is 5.02 Å². The molecule has 0 saturated heterocycles. The second kappa shape index (κ2) is 4.18. The maximum atomic E-state index is 6.09. The Morgan fingerprint density at radius 3 is 2.44 bits per heavy atom. The molecular weight excluding hydrogens is 242 g/mol. The predicted octanol–water partition coefficient (Wildman–Crippen LogP) is 4.81. The molecule has 0 aliphatic carbocycles. The Bertz CT molecular complexity index is 711. The molecule has 0 aliphatic heterocycles. The lowest BCUT2D eigenvalue weighted by atomic mass is 10.1. The summed E-state index contributed by atoms with van der Waals surface area (Å²) in [7, 11) is 2.10. The average Bonchev–Trinajstić information content (AvgIpc) is 2.63. The van der Waals surface area contributed by atoms with Gasteiger partial charge in [-0.2, -0.15) is 0 Å². The molecule has 0 radical (unpaired) electrons. The molecule has 3 aromatic rings. The van der Waals surface area contributed by atoms with E-state index in [1.807, 2.05) is 18.2 Å². The monoisotopic (exact) mass is 255 g/mol. The van der Waals surface area contributed by atoms with E-state index in [2.05, 4.69) is 48.9 Å². The normalized spacial score (nSPS) is 11.1. The van der Waals surface area contributed by atoms with Gasteiger partial charge in [-0.3, -0.25) is 0 Å². The highest BCUT2D eigenvalue weighted by atomic mass is 35.5. The first kappa shape index (κ1) is 11.4. The van der Waals surface area contributed by atoms with Crippen molar-refractivity contribution in [3.63, 3.8) is 0 Å².